The predicted octanol–water partition coefficient (Wildman–Crippen LogP) is 1.50. The van der Waals surface area contributed by atoms with Crippen LogP contribution in [0.2, 0.25) is 19.6 Å². The van der Waals surface area contributed by atoms with Gasteiger partial charge in [-0.15, -0.1) is 0 Å². The molecular formula is C9H19N2Si+. The average molecular weight is 183 g/mol. The first-order valence-electron chi connectivity index (χ1n) is 4.41. The van der Waals surface area contributed by atoms with Crippen molar-refractivity contribution < 1.29 is 4.57 Å². The fraction of sp³-hybridized carbons (Fsp3) is 0.667. The third kappa shape index (κ3) is 2.20. The minimum atomic E-state index is -0.966. The van der Waals surface area contributed by atoms with Gasteiger partial charge in [0.2, 0.25) is 0 Å². The minimum Gasteiger partial charge on any atom is -0.238 e. The number of aryl methyl sites for hydroxylation is 1. The van der Waals surface area contributed by atoms with Crippen molar-refractivity contribution >= 4 is 8.07 Å². The van der Waals surface area contributed by atoms with Gasteiger partial charge in [0.1, 0.15) is 12.4 Å². The molecule has 2 nitrogen and oxygen atoms in total. The standard InChI is InChI=1S/C9H19N2Si/c1-9-10(2)6-7-11(9)8-12(3,4)5/h6-7H,8H2,1-5H3/q+1. The van der Waals surface area contributed by atoms with Crippen LogP contribution in [0, 0.1) is 6.92 Å². The van der Waals surface area contributed by atoms with Crippen LogP contribution in [0.3, 0.4) is 0 Å². The summed E-state index contributed by atoms with van der Waals surface area (Å²) in [6, 6.07) is 0. The quantitative estimate of drug-likeness (QED) is 0.485. The molecular weight excluding hydrogens is 164 g/mol. The van der Waals surface area contributed by atoms with E-state index < -0.39 is 8.07 Å². The van der Waals surface area contributed by atoms with E-state index in [2.05, 4.69) is 55.1 Å². The van der Waals surface area contributed by atoms with E-state index >= 15 is 0 Å². The van der Waals surface area contributed by atoms with Crippen LogP contribution in [0.1, 0.15) is 5.82 Å². The monoisotopic (exact) mass is 183 g/mol. The maximum absolute atomic E-state index is 2.40. The molecule has 68 valence electrons. The molecule has 0 aliphatic carbocycles. The fourth-order valence-corrected chi connectivity index (χ4v) is 2.63. The lowest BCUT2D eigenvalue weighted by molar-refractivity contribution is -0.677. The summed E-state index contributed by atoms with van der Waals surface area (Å²) in [5.74, 6) is 1.34. The third-order valence-electron chi connectivity index (χ3n) is 2.04. The van der Waals surface area contributed by atoms with E-state index in [-0.39, 0.29) is 0 Å². The highest BCUT2D eigenvalue weighted by atomic mass is 28.3. The van der Waals surface area contributed by atoms with E-state index in [1.165, 1.54) is 12.0 Å². The zero-order chi connectivity index (χ0) is 9.35. The number of imidazole rings is 1. The van der Waals surface area contributed by atoms with Crippen LogP contribution in [-0.4, -0.2) is 12.6 Å². The first-order valence-corrected chi connectivity index (χ1v) is 8.12. The number of hydrogen-bond acceptors (Lipinski definition) is 0. The number of nitrogens with zero attached hydrogens (tertiary/aromatic N) is 2. The van der Waals surface area contributed by atoms with Crippen molar-refractivity contribution in [2.24, 2.45) is 7.05 Å². The Morgan fingerprint density at radius 2 is 2.00 bits per heavy atom. The smallest absolute Gasteiger partial charge is 0.238 e. The fourth-order valence-electron chi connectivity index (χ4n) is 1.28. The highest BCUT2D eigenvalue weighted by Crippen LogP contribution is 2.05. The zero-order valence-electron chi connectivity index (χ0n) is 8.76. The summed E-state index contributed by atoms with van der Waals surface area (Å²) in [4.78, 5) is 0. The Kier molecular flexibility index (Phi) is 2.42. The second kappa shape index (κ2) is 3.05. The van der Waals surface area contributed by atoms with Crippen LogP contribution >= 0.6 is 0 Å². The number of hydrogen-bond donors (Lipinski definition) is 0. The molecule has 1 aromatic rings. The molecule has 0 radical (unpaired) electrons. The second-order valence-electron chi connectivity index (χ2n) is 4.64. The lowest BCUT2D eigenvalue weighted by Gasteiger charge is -2.12. The molecule has 0 bridgehead atoms. The average Bonchev–Trinajstić information content (AvgIpc) is 2.16. The maximum Gasteiger partial charge on any atom is 0.252 e. The number of aromatic nitrogens is 2. The molecule has 0 aromatic carbocycles. The van der Waals surface area contributed by atoms with Gasteiger partial charge in [0, 0.05) is 6.92 Å². The molecule has 1 heterocycles. The van der Waals surface area contributed by atoms with E-state index in [9.17, 15) is 0 Å². The van der Waals surface area contributed by atoms with Crippen LogP contribution in [0.15, 0.2) is 12.4 Å². The van der Waals surface area contributed by atoms with E-state index in [1.807, 2.05) is 0 Å². The normalized spacial score (nSPS) is 12.1. The summed E-state index contributed by atoms with van der Waals surface area (Å²) in [6.45, 7) is 9.35. The molecule has 0 atom stereocenters. The van der Waals surface area contributed by atoms with Crippen LogP contribution in [-0.2, 0) is 13.2 Å². The summed E-state index contributed by atoms with van der Waals surface area (Å²) in [6.07, 6.45) is 5.52. The lowest BCUT2D eigenvalue weighted by atomic mass is 10.7. The Morgan fingerprint density at radius 1 is 1.42 bits per heavy atom. The van der Waals surface area contributed by atoms with Gasteiger partial charge in [-0.3, -0.25) is 0 Å². The van der Waals surface area contributed by atoms with Gasteiger partial charge in [0.25, 0.3) is 5.82 Å². The van der Waals surface area contributed by atoms with Gasteiger partial charge >= 0.3 is 0 Å². The molecule has 12 heavy (non-hydrogen) atoms. The highest BCUT2D eigenvalue weighted by molar-refractivity contribution is 6.74. The molecule has 0 aliphatic rings. The van der Waals surface area contributed by atoms with E-state index in [1.54, 1.807) is 0 Å². The van der Waals surface area contributed by atoms with Crippen molar-refractivity contribution in [2.45, 2.75) is 32.7 Å². The zero-order valence-corrected chi connectivity index (χ0v) is 9.76. The SMILES string of the molecule is Cc1n(C[Si](C)(C)C)cc[n+]1C. The van der Waals surface area contributed by atoms with Crippen molar-refractivity contribution in [3.63, 3.8) is 0 Å². The summed E-state index contributed by atoms with van der Waals surface area (Å²) in [5, 5.41) is 0. The topological polar surface area (TPSA) is 8.81 Å². The Hall–Kier alpha value is -0.573. The Bertz CT molecular complexity index is 271. The number of rotatable bonds is 2. The molecule has 0 spiro atoms. The van der Waals surface area contributed by atoms with Crippen LogP contribution in [0.4, 0.5) is 0 Å². The van der Waals surface area contributed by atoms with Gasteiger partial charge in [0.05, 0.1) is 21.3 Å². The lowest BCUT2D eigenvalue weighted by Crippen LogP contribution is -2.33. The summed E-state index contributed by atoms with van der Waals surface area (Å²) >= 11 is 0. The van der Waals surface area contributed by atoms with Gasteiger partial charge in [-0.05, 0) is 0 Å². The van der Waals surface area contributed by atoms with E-state index in [0.29, 0.717) is 0 Å². The van der Waals surface area contributed by atoms with Gasteiger partial charge in [-0.25, -0.2) is 9.13 Å². The largest absolute Gasteiger partial charge is 0.252 e. The highest BCUT2D eigenvalue weighted by Gasteiger charge is 2.19. The first-order chi connectivity index (χ1) is 5.40. The molecule has 0 N–H and O–H groups in total. The van der Waals surface area contributed by atoms with Crippen LogP contribution in [0.5, 0.6) is 0 Å². The molecule has 3 heteroatoms. The summed E-state index contributed by atoms with van der Waals surface area (Å²) < 4.78 is 4.52. The molecule has 0 saturated heterocycles. The maximum atomic E-state index is 2.40. The molecule has 0 aliphatic heterocycles. The molecule has 0 fully saturated rings. The van der Waals surface area contributed by atoms with Gasteiger partial charge in [-0.2, -0.15) is 0 Å². The predicted molar refractivity (Wildman–Crippen MR) is 53.7 cm³/mol. The van der Waals surface area contributed by atoms with E-state index in [4.69, 9.17) is 0 Å². The molecule has 0 saturated carbocycles. The van der Waals surface area contributed by atoms with E-state index in [0.717, 1.165) is 0 Å². The summed E-state index contributed by atoms with van der Waals surface area (Å²) in [5.41, 5.74) is 0. The molecule has 1 rings (SSSR count). The van der Waals surface area contributed by atoms with Crippen LogP contribution in [0.25, 0.3) is 0 Å². The van der Waals surface area contributed by atoms with Gasteiger partial charge in [-0.1, -0.05) is 19.6 Å². The molecule has 0 unspecified atom stereocenters. The van der Waals surface area contributed by atoms with Gasteiger partial charge < -0.3 is 0 Å². The first kappa shape index (κ1) is 9.51. The minimum absolute atomic E-state index is 0.966. The molecule has 1 aromatic heterocycles. The summed E-state index contributed by atoms with van der Waals surface area (Å²) in [7, 11) is 1.13. The Morgan fingerprint density at radius 3 is 2.33 bits per heavy atom. The van der Waals surface area contributed by atoms with Crippen molar-refractivity contribution in [1.29, 1.82) is 0 Å². The molecule has 0 amide bonds. The third-order valence-corrected chi connectivity index (χ3v) is 3.33. The van der Waals surface area contributed by atoms with Crippen molar-refractivity contribution in [3.05, 3.63) is 18.2 Å². The van der Waals surface area contributed by atoms with Crippen molar-refractivity contribution in [1.82, 2.24) is 4.57 Å². The van der Waals surface area contributed by atoms with Gasteiger partial charge in [0.15, 0.2) is 0 Å². The Balaban J connectivity index is 2.83. The van der Waals surface area contributed by atoms with Crippen LogP contribution < -0.4 is 4.57 Å². The Labute approximate surface area is 75.9 Å². The second-order valence-corrected chi connectivity index (χ2v) is 10.1. The van der Waals surface area contributed by atoms with Crippen molar-refractivity contribution in [2.75, 3.05) is 0 Å². The van der Waals surface area contributed by atoms with Crippen molar-refractivity contribution in [3.8, 4) is 0 Å².